The molecule has 0 aliphatic carbocycles. The topological polar surface area (TPSA) is 3.24 Å². The van der Waals surface area contributed by atoms with Crippen molar-refractivity contribution < 1.29 is 0 Å². The van der Waals surface area contributed by atoms with E-state index in [2.05, 4.69) is 278 Å². The summed E-state index contributed by atoms with van der Waals surface area (Å²) in [6, 6.07) is 100.0. The molecule has 0 bridgehead atoms. The molecule has 0 spiro atoms. The van der Waals surface area contributed by atoms with Crippen LogP contribution in [0, 0.1) is 0 Å². The van der Waals surface area contributed by atoms with Crippen LogP contribution in [0.4, 0.5) is 17.1 Å². The van der Waals surface area contributed by atoms with Gasteiger partial charge >= 0.3 is 0 Å². The molecule has 0 fully saturated rings. The molecule has 70 heavy (non-hydrogen) atoms. The highest BCUT2D eigenvalue weighted by atomic mass is 32.1. The Hall–Kier alpha value is -8.82. The Morgan fingerprint density at radius 3 is 1.40 bits per heavy atom. The van der Waals surface area contributed by atoms with Gasteiger partial charge in [-0.15, -0.1) is 11.3 Å². The van der Waals surface area contributed by atoms with Crippen molar-refractivity contribution >= 4 is 70.1 Å². The Labute approximate surface area is 412 Å². The fraction of sp³-hybridized carbons (Fsp3) is 0. The molecule has 0 amide bonds. The van der Waals surface area contributed by atoms with E-state index in [4.69, 9.17) is 0 Å². The molecule has 0 radical (unpaired) electrons. The summed E-state index contributed by atoms with van der Waals surface area (Å²) in [6.07, 6.45) is 0. The molecule has 0 saturated carbocycles. The first kappa shape index (κ1) is 41.4. The van der Waals surface area contributed by atoms with Crippen molar-refractivity contribution in [1.29, 1.82) is 0 Å². The van der Waals surface area contributed by atoms with Gasteiger partial charge in [0.2, 0.25) is 0 Å². The number of nitrogens with zero attached hydrogens (tertiary/aromatic N) is 1. The van der Waals surface area contributed by atoms with Gasteiger partial charge in [-0.1, -0.05) is 224 Å². The predicted octanol–water partition coefficient (Wildman–Crippen LogP) is 19.8. The fourth-order valence-electron chi connectivity index (χ4n) is 10.6. The van der Waals surface area contributed by atoms with Crippen LogP contribution in [0.15, 0.2) is 273 Å². The molecular formula is C68H45NS. The smallest absolute Gasteiger partial charge is 0.0468 e. The van der Waals surface area contributed by atoms with Gasteiger partial charge in [0.15, 0.2) is 0 Å². The van der Waals surface area contributed by atoms with Gasteiger partial charge in [0.25, 0.3) is 0 Å². The highest BCUT2D eigenvalue weighted by Gasteiger charge is 2.21. The van der Waals surface area contributed by atoms with Gasteiger partial charge in [-0.2, -0.15) is 0 Å². The molecule has 13 aromatic rings. The Morgan fingerprint density at radius 2 is 0.700 bits per heavy atom. The Morgan fingerprint density at radius 1 is 0.229 bits per heavy atom. The van der Waals surface area contributed by atoms with Crippen LogP contribution in [0.25, 0.3) is 108 Å². The molecule has 1 nitrogen and oxygen atoms in total. The normalized spacial score (nSPS) is 11.4. The highest BCUT2D eigenvalue weighted by molar-refractivity contribution is 7.26. The zero-order valence-corrected chi connectivity index (χ0v) is 39.2. The number of rotatable bonds is 9. The van der Waals surface area contributed by atoms with Crippen LogP contribution in [0.1, 0.15) is 0 Å². The Balaban J connectivity index is 0.996. The van der Waals surface area contributed by atoms with E-state index in [1.165, 1.54) is 97.4 Å². The van der Waals surface area contributed by atoms with Crippen LogP contribution in [0.3, 0.4) is 0 Å². The summed E-state index contributed by atoms with van der Waals surface area (Å²) in [5, 5.41) is 7.60. The zero-order chi connectivity index (χ0) is 46.4. The number of thiophene rings is 1. The zero-order valence-electron chi connectivity index (χ0n) is 38.3. The third kappa shape index (κ3) is 7.34. The number of fused-ring (bicyclic) bond motifs is 6. The van der Waals surface area contributed by atoms with E-state index in [0.29, 0.717) is 0 Å². The maximum atomic E-state index is 2.42. The van der Waals surface area contributed by atoms with Crippen LogP contribution in [-0.4, -0.2) is 0 Å². The van der Waals surface area contributed by atoms with Gasteiger partial charge < -0.3 is 4.90 Å². The summed E-state index contributed by atoms with van der Waals surface area (Å²) >= 11 is 1.88. The molecule has 2 heteroatoms. The molecule has 0 aliphatic heterocycles. The third-order valence-corrected chi connectivity index (χ3v) is 15.1. The summed E-state index contributed by atoms with van der Waals surface area (Å²) in [4.78, 5) is 2.42. The molecule has 0 N–H and O–H groups in total. The molecule has 12 aromatic carbocycles. The van der Waals surface area contributed by atoms with Crippen molar-refractivity contribution in [3.8, 4) is 66.8 Å². The number of hydrogen-bond donors (Lipinski definition) is 0. The summed E-state index contributed by atoms with van der Waals surface area (Å²) in [7, 11) is 0. The maximum Gasteiger partial charge on any atom is 0.0468 e. The van der Waals surface area contributed by atoms with E-state index in [1.807, 2.05) is 11.3 Å². The van der Waals surface area contributed by atoms with Crippen molar-refractivity contribution in [3.63, 3.8) is 0 Å². The van der Waals surface area contributed by atoms with E-state index >= 15 is 0 Å². The molecule has 0 atom stereocenters. The van der Waals surface area contributed by atoms with Crippen molar-refractivity contribution in [2.75, 3.05) is 4.90 Å². The molecule has 328 valence electrons. The molecule has 0 saturated heterocycles. The van der Waals surface area contributed by atoms with Gasteiger partial charge in [-0.25, -0.2) is 0 Å². The highest BCUT2D eigenvalue weighted by Crippen LogP contribution is 2.47. The van der Waals surface area contributed by atoms with Crippen molar-refractivity contribution in [2.45, 2.75) is 0 Å². The van der Waals surface area contributed by atoms with Crippen LogP contribution in [-0.2, 0) is 0 Å². The van der Waals surface area contributed by atoms with Crippen LogP contribution >= 0.6 is 11.3 Å². The number of benzene rings is 12. The summed E-state index contributed by atoms with van der Waals surface area (Å²) in [5.74, 6) is 0. The van der Waals surface area contributed by atoms with Crippen LogP contribution < -0.4 is 4.90 Å². The average Bonchev–Trinajstić information content (AvgIpc) is 3.83. The van der Waals surface area contributed by atoms with Gasteiger partial charge in [-0.3, -0.25) is 0 Å². The second kappa shape index (κ2) is 17.7. The lowest BCUT2D eigenvalue weighted by Gasteiger charge is -2.27. The third-order valence-electron chi connectivity index (χ3n) is 13.9. The van der Waals surface area contributed by atoms with E-state index in [0.717, 1.165) is 28.2 Å². The number of anilines is 3. The summed E-state index contributed by atoms with van der Waals surface area (Å²) in [6.45, 7) is 0. The van der Waals surface area contributed by atoms with Gasteiger partial charge in [-0.05, 0) is 137 Å². The lowest BCUT2D eigenvalue weighted by molar-refractivity contribution is 1.28. The lowest BCUT2D eigenvalue weighted by atomic mass is 9.84. The average molecular weight is 908 g/mol. The van der Waals surface area contributed by atoms with Gasteiger partial charge in [0.05, 0.1) is 0 Å². The minimum absolute atomic E-state index is 1.08. The minimum Gasteiger partial charge on any atom is -0.310 e. The molecule has 0 aliphatic rings. The first-order valence-electron chi connectivity index (χ1n) is 24.0. The molecule has 1 heterocycles. The standard InChI is InChI=1S/C68H45NS/c1-5-19-46(20-6-1)56-42-40-55(45-63(56)47-21-7-2-8-22-47)69(53-38-35-48(36-39-53)57-32-18-33-62-60-30-15-16-34-65(60)70-68(57)62)54-28-17-27-51(43-54)52-37-41-59-58-29-13-14-31-61(58)66(49-23-9-3-10-24-49)67(64(59)44-52)50-25-11-4-12-26-50/h1-45H. The van der Waals surface area contributed by atoms with E-state index in [-0.39, 0.29) is 0 Å². The summed E-state index contributed by atoms with van der Waals surface area (Å²) in [5.41, 5.74) is 17.7. The van der Waals surface area contributed by atoms with E-state index < -0.39 is 0 Å². The Kier molecular flexibility index (Phi) is 10.5. The second-order valence-electron chi connectivity index (χ2n) is 18.0. The van der Waals surface area contributed by atoms with Crippen molar-refractivity contribution in [2.24, 2.45) is 0 Å². The molecule has 0 unspecified atom stereocenters. The first-order chi connectivity index (χ1) is 34.7. The van der Waals surface area contributed by atoms with Gasteiger partial charge in [0, 0.05) is 37.2 Å². The quantitative estimate of drug-likeness (QED) is 0.130. The monoisotopic (exact) mass is 907 g/mol. The van der Waals surface area contributed by atoms with Crippen molar-refractivity contribution in [3.05, 3.63) is 273 Å². The second-order valence-corrected chi connectivity index (χ2v) is 19.0. The summed E-state index contributed by atoms with van der Waals surface area (Å²) < 4.78 is 2.63. The maximum absolute atomic E-state index is 2.42. The van der Waals surface area contributed by atoms with Gasteiger partial charge in [0.1, 0.15) is 0 Å². The van der Waals surface area contributed by atoms with Crippen molar-refractivity contribution in [1.82, 2.24) is 0 Å². The van der Waals surface area contributed by atoms with E-state index in [9.17, 15) is 0 Å². The largest absolute Gasteiger partial charge is 0.310 e. The molecule has 13 rings (SSSR count). The van der Waals surface area contributed by atoms with Crippen LogP contribution in [0.2, 0.25) is 0 Å². The lowest BCUT2D eigenvalue weighted by Crippen LogP contribution is -2.10. The number of hydrogen-bond acceptors (Lipinski definition) is 2. The van der Waals surface area contributed by atoms with E-state index in [1.54, 1.807) is 0 Å². The predicted molar refractivity (Wildman–Crippen MR) is 302 cm³/mol. The van der Waals surface area contributed by atoms with Crippen LogP contribution in [0.5, 0.6) is 0 Å². The molecule has 1 aromatic heterocycles. The minimum atomic E-state index is 1.08. The Bertz CT molecular complexity index is 4030. The SMILES string of the molecule is c1ccc(-c2ccc(N(c3ccc(-c4cccc5c4sc4ccccc45)cc3)c3cccc(-c4ccc5c(c4)c(-c4ccccc4)c(-c4ccccc4)c4ccccc45)c3)cc2-c2ccccc2)cc1. The molecular weight excluding hydrogens is 863 g/mol. The first-order valence-corrected chi connectivity index (χ1v) is 24.8. The fourth-order valence-corrected chi connectivity index (χ4v) is 11.9.